The number of hydrogen-bond donors (Lipinski definition) is 1. The molecule has 1 amide bonds. The average Bonchev–Trinajstić information content (AvgIpc) is 3.19. The molecule has 30 heavy (non-hydrogen) atoms. The summed E-state index contributed by atoms with van der Waals surface area (Å²) in [5.41, 5.74) is 3.61. The quantitative estimate of drug-likeness (QED) is 0.378. The molecule has 0 radical (unpaired) electrons. The summed E-state index contributed by atoms with van der Waals surface area (Å²) in [6.45, 7) is 2.08. The molecule has 4 rings (SSSR count). The van der Waals surface area contributed by atoms with Crippen molar-refractivity contribution in [2.24, 2.45) is 0 Å². The van der Waals surface area contributed by atoms with Gasteiger partial charge in [0, 0.05) is 18.0 Å². The van der Waals surface area contributed by atoms with Crippen LogP contribution in [-0.4, -0.2) is 20.3 Å². The Morgan fingerprint density at radius 1 is 1.13 bits per heavy atom. The van der Waals surface area contributed by atoms with Gasteiger partial charge in [0.05, 0.1) is 23.5 Å². The van der Waals surface area contributed by atoms with E-state index in [4.69, 9.17) is 0 Å². The molecule has 0 spiro atoms. The summed E-state index contributed by atoms with van der Waals surface area (Å²) < 4.78 is 15.9. The zero-order chi connectivity index (χ0) is 21.1. The van der Waals surface area contributed by atoms with Crippen molar-refractivity contribution in [3.8, 4) is 11.3 Å². The van der Waals surface area contributed by atoms with Gasteiger partial charge in [0.25, 0.3) is 5.91 Å². The highest BCUT2D eigenvalue weighted by Crippen LogP contribution is 2.24. The van der Waals surface area contributed by atoms with E-state index in [1.54, 1.807) is 30.6 Å². The Bertz CT molecular complexity index is 1170. The van der Waals surface area contributed by atoms with Crippen molar-refractivity contribution in [1.82, 2.24) is 19.7 Å². The number of imidazole rings is 1. The third kappa shape index (κ3) is 4.11. The van der Waals surface area contributed by atoms with Crippen LogP contribution in [0.25, 0.3) is 16.9 Å². The summed E-state index contributed by atoms with van der Waals surface area (Å²) >= 11 is 3.34. The minimum absolute atomic E-state index is 0.144. The van der Waals surface area contributed by atoms with Crippen LogP contribution in [-0.2, 0) is 0 Å². The molecule has 7 heteroatoms. The molecule has 3 aromatic heterocycles. The van der Waals surface area contributed by atoms with E-state index < -0.39 is 0 Å². The first-order chi connectivity index (χ1) is 14.6. The number of benzene rings is 1. The highest BCUT2D eigenvalue weighted by Gasteiger charge is 2.19. The van der Waals surface area contributed by atoms with E-state index in [9.17, 15) is 9.18 Å². The van der Waals surface area contributed by atoms with E-state index in [0.29, 0.717) is 11.2 Å². The van der Waals surface area contributed by atoms with E-state index in [2.05, 4.69) is 38.1 Å². The molecule has 1 aromatic carbocycles. The number of aromatic nitrogens is 3. The van der Waals surface area contributed by atoms with Gasteiger partial charge >= 0.3 is 0 Å². The van der Waals surface area contributed by atoms with Crippen LogP contribution in [0.5, 0.6) is 0 Å². The van der Waals surface area contributed by atoms with Gasteiger partial charge in [0.1, 0.15) is 16.1 Å². The summed E-state index contributed by atoms with van der Waals surface area (Å²) in [4.78, 5) is 21.9. The van der Waals surface area contributed by atoms with Gasteiger partial charge in [0.15, 0.2) is 0 Å². The number of nitrogens with one attached hydrogen (secondary N) is 1. The number of nitrogens with zero attached hydrogens (tertiary/aromatic N) is 3. The number of fused-ring (bicyclic) bond motifs is 1. The van der Waals surface area contributed by atoms with Crippen LogP contribution in [0.15, 0.2) is 71.7 Å². The van der Waals surface area contributed by atoms with Gasteiger partial charge in [-0.15, -0.1) is 0 Å². The number of rotatable bonds is 6. The number of amides is 1. The maximum atomic E-state index is 13.3. The Kier molecular flexibility index (Phi) is 5.90. The lowest BCUT2D eigenvalue weighted by atomic mass is 10.0. The zero-order valence-corrected chi connectivity index (χ0v) is 17.9. The van der Waals surface area contributed by atoms with Crippen molar-refractivity contribution in [3.05, 3.63) is 88.7 Å². The second kappa shape index (κ2) is 8.75. The normalized spacial score (nSPS) is 12.1. The van der Waals surface area contributed by atoms with Crippen LogP contribution in [0.2, 0.25) is 0 Å². The van der Waals surface area contributed by atoms with Crippen LogP contribution < -0.4 is 5.32 Å². The lowest BCUT2D eigenvalue weighted by Crippen LogP contribution is -2.29. The lowest BCUT2D eigenvalue weighted by Gasteiger charge is -2.18. The highest BCUT2D eigenvalue weighted by atomic mass is 79.9. The van der Waals surface area contributed by atoms with E-state index in [1.165, 1.54) is 12.1 Å². The summed E-state index contributed by atoms with van der Waals surface area (Å²) in [7, 11) is 0. The molecule has 0 aliphatic rings. The number of pyridine rings is 2. The SMILES string of the molecule is CCC[C@H](NC(=O)c1cccn2c(-c3ccc(F)cc3)cnc12)c1ccc(Br)nc1. The van der Waals surface area contributed by atoms with Crippen LogP contribution in [0.3, 0.4) is 0 Å². The third-order valence-corrected chi connectivity index (χ3v) is 5.42. The molecule has 152 valence electrons. The van der Waals surface area contributed by atoms with Crippen molar-refractivity contribution in [3.63, 3.8) is 0 Å². The first-order valence-electron chi connectivity index (χ1n) is 9.71. The number of carbonyl (C=O) groups excluding carboxylic acids is 1. The van der Waals surface area contributed by atoms with Crippen LogP contribution in [0.1, 0.15) is 41.7 Å². The van der Waals surface area contributed by atoms with Gasteiger partial charge in [-0.1, -0.05) is 19.4 Å². The van der Waals surface area contributed by atoms with Gasteiger partial charge in [-0.2, -0.15) is 0 Å². The smallest absolute Gasteiger partial charge is 0.255 e. The molecule has 0 unspecified atom stereocenters. The molecular formula is C23H20BrFN4O. The predicted molar refractivity (Wildman–Crippen MR) is 118 cm³/mol. The molecule has 1 atom stereocenters. The maximum absolute atomic E-state index is 13.3. The summed E-state index contributed by atoms with van der Waals surface area (Å²) in [6.07, 6.45) is 7.03. The maximum Gasteiger partial charge on any atom is 0.255 e. The van der Waals surface area contributed by atoms with Crippen molar-refractivity contribution >= 4 is 27.5 Å². The molecule has 5 nitrogen and oxygen atoms in total. The van der Waals surface area contributed by atoms with Crippen molar-refractivity contribution in [2.75, 3.05) is 0 Å². The number of hydrogen-bond acceptors (Lipinski definition) is 3. The van der Waals surface area contributed by atoms with Gasteiger partial charge in [-0.05, 0) is 70.4 Å². The Balaban J connectivity index is 1.66. The molecule has 3 heterocycles. The first-order valence-corrected chi connectivity index (χ1v) is 10.5. The summed E-state index contributed by atoms with van der Waals surface area (Å²) in [6, 6.07) is 13.5. The van der Waals surface area contributed by atoms with Crippen molar-refractivity contribution in [2.45, 2.75) is 25.8 Å². The second-order valence-corrected chi connectivity index (χ2v) is 7.81. The highest BCUT2D eigenvalue weighted by molar-refractivity contribution is 9.10. The first kappa shape index (κ1) is 20.2. The predicted octanol–water partition coefficient (Wildman–Crippen LogP) is 5.57. The molecule has 4 aromatic rings. The molecule has 0 saturated heterocycles. The minimum Gasteiger partial charge on any atom is -0.345 e. The molecule has 0 aliphatic heterocycles. The van der Waals surface area contributed by atoms with Crippen LogP contribution in [0.4, 0.5) is 4.39 Å². The monoisotopic (exact) mass is 466 g/mol. The fourth-order valence-electron chi connectivity index (χ4n) is 3.46. The lowest BCUT2D eigenvalue weighted by molar-refractivity contribution is 0.0935. The fraction of sp³-hybridized carbons (Fsp3) is 0.174. The fourth-order valence-corrected chi connectivity index (χ4v) is 3.70. The standard InChI is InChI=1S/C23H20BrFN4O/c1-2-4-19(16-8-11-21(24)26-13-16)28-23(30)18-5-3-12-29-20(14-27-22(18)29)15-6-9-17(25)10-7-15/h3,5-14,19H,2,4H2,1H3,(H,28,30)/t19-/m0/s1. The molecule has 0 fully saturated rings. The largest absolute Gasteiger partial charge is 0.345 e. The van der Waals surface area contributed by atoms with Crippen LogP contribution >= 0.6 is 15.9 Å². The van der Waals surface area contributed by atoms with Gasteiger partial charge in [-0.3, -0.25) is 9.20 Å². The average molecular weight is 467 g/mol. The molecule has 0 aliphatic carbocycles. The van der Waals surface area contributed by atoms with Crippen molar-refractivity contribution < 1.29 is 9.18 Å². The van der Waals surface area contributed by atoms with E-state index in [-0.39, 0.29) is 17.8 Å². The molecule has 1 N–H and O–H groups in total. The zero-order valence-electron chi connectivity index (χ0n) is 16.3. The molecular weight excluding hydrogens is 447 g/mol. The molecule has 0 saturated carbocycles. The Hall–Kier alpha value is -3.06. The minimum atomic E-state index is -0.294. The topological polar surface area (TPSA) is 59.3 Å². The van der Waals surface area contributed by atoms with E-state index in [0.717, 1.165) is 34.3 Å². The van der Waals surface area contributed by atoms with Crippen molar-refractivity contribution in [1.29, 1.82) is 0 Å². The Morgan fingerprint density at radius 2 is 1.93 bits per heavy atom. The summed E-state index contributed by atoms with van der Waals surface area (Å²) in [5.74, 6) is -0.491. The summed E-state index contributed by atoms with van der Waals surface area (Å²) in [5, 5.41) is 3.12. The van der Waals surface area contributed by atoms with Gasteiger partial charge < -0.3 is 5.32 Å². The Morgan fingerprint density at radius 3 is 2.63 bits per heavy atom. The number of carbonyl (C=O) groups is 1. The van der Waals surface area contributed by atoms with Crippen LogP contribution in [0, 0.1) is 5.82 Å². The van der Waals surface area contributed by atoms with E-state index in [1.807, 2.05) is 28.8 Å². The van der Waals surface area contributed by atoms with E-state index >= 15 is 0 Å². The number of halogens is 2. The van der Waals surface area contributed by atoms with Gasteiger partial charge in [0.2, 0.25) is 0 Å². The second-order valence-electron chi connectivity index (χ2n) is 6.99. The third-order valence-electron chi connectivity index (χ3n) is 4.96. The molecule has 0 bridgehead atoms. The Labute approximate surface area is 182 Å². The van der Waals surface area contributed by atoms with Gasteiger partial charge in [-0.25, -0.2) is 14.4 Å².